The number of unbranched alkanes of at least 4 members (excludes halogenated alkanes) is 7. The van der Waals surface area contributed by atoms with Gasteiger partial charge in [-0.1, -0.05) is 58.3 Å². The molecule has 1 fully saturated rings. The zero-order valence-electron chi connectivity index (χ0n) is 11.9. The zero-order chi connectivity index (χ0) is 12.3. The van der Waals surface area contributed by atoms with Crippen LogP contribution in [0, 0.1) is 0 Å². The minimum atomic E-state index is 0.508. The summed E-state index contributed by atoms with van der Waals surface area (Å²) < 4.78 is 5.77. The monoisotopic (exact) mass is 241 g/mol. The van der Waals surface area contributed by atoms with E-state index in [0.29, 0.717) is 6.10 Å². The molecule has 0 aliphatic carbocycles. The fourth-order valence-electron chi connectivity index (χ4n) is 2.55. The van der Waals surface area contributed by atoms with Crippen LogP contribution in [0.5, 0.6) is 0 Å². The third-order valence-electron chi connectivity index (χ3n) is 3.72. The number of likely N-dealkylation sites (N-methyl/N-ethyl adjacent to an activating group) is 1. The van der Waals surface area contributed by atoms with Crippen molar-refractivity contribution < 1.29 is 4.74 Å². The van der Waals surface area contributed by atoms with Crippen LogP contribution in [0.3, 0.4) is 0 Å². The topological polar surface area (TPSA) is 12.5 Å². The molecule has 0 N–H and O–H groups in total. The normalized spacial score (nSPS) is 21.9. The van der Waals surface area contributed by atoms with Gasteiger partial charge < -0.3 is 9.64 Å². The summed E-state index contributed by atoms with van der Waals surface area (Å²) in [7, 11) is 2.20. The Balaban J connectivity index is 1.83. The molecule has 102 valence electrons. The van der Waals surface area contributed by atoms with Crippen molar-refractivity contribution in [2.75, 3.05) is 26.7 Å². The molecule has 0 aromatic rings. The molecule has 1 heterocycles. The van der Waals surface area contributed by atoms with Crippen molar-refractivity contribution in [1.29, 1.82) is 0 Å². The van der Waals surface area contributed by atoms with Gasteiger partial charge in [-0.15, -0.1) is 0 Å². The SMILES string of the molecule is CCCCCCCCCCC1CN(C)CCO1. The van der Waals surface area contributed by atoms with Gasteiger partial charge in [0.05, 0.1) is 12.7 Å². The fourth-order valence-corrected chi connectivity index (χ4v) is 2.55. The second-order valence-electron chi connectivity index (χ2n) is 5.52. The molecule has 1 unspecified atom stereocenters. The summed E-state index contributed by atoms with van der Waals surface area (Å²) in [6.45, 7) is 5.45. The second kappa shape index (κ2) is 9.90. The maximum absolute atomic E-state index is 5.77. The van der Waals surface area contributed by atoms with Crippen molar-refractivity contribution in [3.05, 3.63) is 0 Å². The third kappa shape index (κ3) is 7.77. The molecule has 2 heteroatoms. The first-order valence-electron chi connectivity index (χ1n) is 7.63. The standard InChI is InChI=1S/C15H31NO/c1-3-4-5-6-7-8-9-10-11-15-14-16(2)12-13-17-15/h15H,3-14H2,1-2H3. The van der Waals surface area contributed by atoms with Gasteiger partial charge in [-0.2, -0.15) is 0 Å². The van der Waals surface area contributed by atoms with Crippen molar-refractivity contribution in [1.82, 2.24) is 4.90 Å². The minimum absolute atomic E-state index is 0.508. The van der Waals surface area contributed by atoms with E-state index in [2.05, 4.69) is 18.9 Å². The van der Waals surface area contributed by atoms with Gasteiger partial charge in [0.1, 0.15) is 0 Å². The Morgan fingerprint density at radius 2 is 1.65 bits per heavy atom. The summed E-state index contributed by atoms with van der Waals surface area (Å²) in [5, 5.41) is 0. The first kappa shape index (κ1) is 15.0. The van der Waals surface area contributed by atoms with Gasteiger partial charge >= 0.3 is 0 Å². The summed E-state index contributed by atoms with van der Waals surface area (Å²) in [6, 6.07) is 0. The van der Waals surface area contributed by atoms with E-state index in [1.165, 1.54) is 57.8 Å². The average molecular weight is 241 g/mol. The van der Waals surface area contributed by atoms with E-state index in [0.717, 1.165) is 19.7 Å². The number of hydrogen-bond donors (Lipinski definition) is 0. The van der Waals surface area contributed by atoms with Gasteiger partial charge in [0.15, 0.2) is 0 Å². The molecule has 17 heavy (non-hydrogen) atoms. The molecule has 0 radical (unpaired) electrons. The van der Waals surface area contributed by atoms with E-state index in [1.807, 2.05) is 0 Å². The lowest BCUT2D eigenvalue weighted by atomic mass is 10.1. The van der Waals surface area contributed by atoms with Crippen molar-refractivity contribution >= 4 is 0 Å². The number of rotatable bonds is 9. The van der Waals surface area contributed by atoms with Crippen LogP contribution < -0.4 is 0 Å². The summed E-state index contributed by atoms with van der Waals surface area (Å²) in [4.78, 5) is 2.39. The van der Waals surface area contributed by atoms with Gasteiger partial charge in [0, 0.05) is 13.1 Å². The molecule has 2 nitrogen and oxygen atoms in total. The molecule has 0 bridgehead atoms. The highest BCUT2D eigenvalue weighted by atomic mass is 16.5. The van der Waals surface area contributed by atoms with Gasteiger partial charge in [-0.3, -0.25) is 0 Å². The average Bonchev–Trinajstić information content (AvgIpc) is 2.33. The van der Waals surface area contributed by atoms with Gasteiger partial charge in [0.25, 0.3) is 0 Å². The van der Waals surface area contributed by atoms with Crippen molar-refractivity contribution in [2.24, 2.45) is 0 Å². The van der Waals surface area contributed by atoms with Crippen LogP contribution in [-0.4, -0.2) is 37.7 Å². The molecule has 0 saturated carbocycles. The van der Waals surface area contributed by atoms with E-state index in [4.69, 9.17) is 4.74 Å². The summed E-state index contributed by atoms with van der Waals surface area (Å²) in [6.07, 6.45) is 13.0. The maximum Gasteiger partial charge on any atom is 0.0702 e. The highest BCUT2D eigenvalue weighted by Crippen LogP contribution is 2.14. The second-order valence-corrected chi connectivity index (χ2v) is 5.52. The molecule has 1 atom stereocenters. The number of hydrogen-bond acceptors (Lipinski definition) is 2. The van der Waals surface area contributed by atoms with E-state index in [1.54, 1.807) is 0 Å². The Hall–Kier alpha value is -0.0800. The number of morpholine rings is 1. The van der Waals surface area contributed by atoms with E-state index < -0.39 is 0 Å². The van der Waals surface area contributed by atoms with Crippen LogP contribution in [0.2, 0.25) is 0 Å². The predicted molar refractivity (Wildman–Crippen MR) is 74.5 cm³/mol. The molecule has 0 aromatic heterocycles. The smallest absolute Gasteiger partial charge is 0.0702 e. The van der Waals surface area contributed by atoms with E-state index >= 15 is 0 Å². The van der Waals surface area contributed by atoms with Crippen molar-refractivity contribution in [3.8, 4) is 0 Å². The third-order valence-corrected chi connectivity index (χ3v) is 3.72. The quantitative estimate of drug-likeness (QED) is 0.569. The zero-order valence-corrected chi connectivity index (χ0v) is 11.9. The highest BCUT2D eigenvalue weighted by Gasteiger charge is 2.16. The van der Waals surface area contributed by atoms with E-state index in [9.17, 15) is 0 Å². The lowest BCUT2D eigenvalue weighted by molar-refractivity contribution is -0.0242. The first-order chi connectivity index (χ1) is 8.33. The fraction of sp³-hybridized carbons (Fsp3) is 1.00. The van der Waals surface area contributed by atoms with Crippen LogP contribution >= 0.6 is 0 Å². The lowest BCUT2D eigenvalue weighted by Gasteiger charge is -2.30. The van der Waals surface area contributed by atoms with Crippen molar-refractivity contribution in [2.45, 2.75) is 70.8 Å². The molecular formula is C15H31NO. The molecule has 1 aliphatic heterocycles. The molecule has 0 spiro atoms. The Labute approximate surface area is 108 Å². The maximum atomic E-state index is 5.77. The summed E-state index contributed by atoms with van der Waals surface area (Å²) >= 11 is 0. The minimum Gasteiger partial charge on any atom is -0.376 e. The van der Waals surface area contributed by atoms with Crippen LogP contribution in [0.4, 0.5) is 0 Å². The summed E-state index contributed by atoms with van der Waals surface area (Å²) in [5.74, 6) is 0. The Bertz CT molecular complexity index is 172. The first-order valence-corrected chi connectivity index (χ1v) is 7.63. The lowest BCUT2D eigenvalue weighted by Crippen LogP contribution is -2.39. The van der Waals surface area contributed by atoms with Crippen LogP contribution in [-0.2, 0) is 4.74 Å². The Morgan fingerprint density at radius 1 is 1.00 bits per heavy atom. The Kier molecular flexibility index (Phi) is 8.72. The molecule has 0 amide bonds. The number of nitrogens with zero attached hydrogens (tertiary/aromatic N) is 1. The molecular weight excluding hydrogens is 210 g/mol. The highest BCUT2D eigenvalue weighted by molar-refractivity contribution is 4.68. The van der Waals surface area contributed by atoms with E-state index in [-0.39, 0.29) is 0 Å². The van der Waals surface area contributed by atoms with Gasteiger partial charge in [-0.05, 0) is 13.5 Å². The predicted octanol–water partition coefficient (Wildman–Crippen LogP) is 3.85. The molecule has 1 saturated heterocycles. The van der Waals surface area contributed by atoms with Gasteiger partial charge in [-0.25, -0.2) is 0 Å². The van der Waals surface area contributed by atoms with Gasteiger partial charge in [0.2, 0.25) is 0 Å². The van der Waals surface area contributed by atoms with Crippen molar-refractivity contribution in [3.63, 3.8) is 0 Å². The van der Waals surface area contributed by atoms with Crippen LogP contribution in [0.15, 0.2) is 0 Å². The van der Waals surface area contributed by atoms with Crippen LogP contribution in [0.25, 0.3) is 0 Å². The number of ether oxygens (including phenoxy) is 1. The van der Waals surface area contributed by atoms with Crippen LogP contribution in [0.1, 0.15) is 64.7 Å². The Morgan fingerprint density at radius 3 is 2.29 bits per heavy atom. The molecule has 1 aliphatic rings. The molecule has 1 rings (SSSR count). The molecule has 0 aromatic carbocycles. The largest absolute Gasteiger partial charge is 0.376 e. The summed E-state index contributed by atoms with van der Waals surface area (Å²) in [5.41, 5.74) is 0.